The minimum Gasteiger partial charge on any atom is -0.469 e. The Balaban J connectivity index is 2.28. The predicted octanol–water partition coefficient (Wildman–Crippen LogP) is 2.43. The van der Waals surface area contributed by atoms with Crippen molar-refractivity contribution in [1.82, 2.24) is 4.90 Å². The number of hydrogen-bond acceptors (Lipinski definition) is 5. The van der Waals surface area contributed by atoms with Crippen LogP contribution in [0, 0.1) is 11.8 Å². The summed E-state index contributed by atoms with van der Waals surface area (Å²) in [4.78, 5) is 14.5. The standard InChI is InChI=1S/C19H29NO4/c1-5-9-15(19(22)24-4)17-16(13(2)21)18(23-3)20(17)12-14-10-7-6-8-11-14/h6-8,10-11,13,15-18,21H,5,9,12H2,1-4H3/t13-,15?,16-,17-,18?/m1/s1. The van der Waals surface area contributed by atoms with Gasteiger partial charge in [-0.05, 0) is 18.9 Å². The number of rotatable bonds is 8. The summed E-state index contributed by atoms with van der Waals surface area (Å²) in [6.45, 7) is 4.51. The van der Waals surface area contributed by atoms with Crippen LogP contribution in [0.15, 0.2) is 30.3 Å². The Labute approximate surface area is 144 Å². The summed E-state index contributed by atoms with van der Waals surface area (Å²) in [5.74, 6) is -0.566. The lowest BCUT2D eigenvalue weighted by molar-refractivity contribution is -0.239. The van der Waals surface area contributed by atoms with E-state index in [1.54, 1.807) is 14.0 Å². The van der Waals surface area contributed by atoms with Crippen LogP contribution in [0.4, 0.5) is 0 Å². The Morgan fingerprint density at radius 2 is 1.96 bits per heavy atom. The van der Waals surface area contributed by atoms with Crippen molar-refractivity contribution in [1.29, 1.82) is 0 Å². The predicted molar refractivity (Wildman–Crippen MR) is 92.2 cm³/mol. The van der Waals surface area contributed by atoms with Gasteiger partial charge >= 0.3 is 5.97 Å². The second kappa shape index (κ2) is 8.60. The number of esters is 1. The lowest BCUT2D eigenvalue weighted by atomic mass is 9.73. The Morgan fingerprint density at radius 3 is 2.46 bits per heavy atom. The number of carbonyl (C=O) groups excluding carboxylic acids is 1. The molecule has 0 aromatic heterocycles. The van der Waals surface area contributed by atoms with E-state index in [2.05, 4.69) is 24.0 Å². The monoisotopic (exact) mass is 335 g/mol. The van der Waals surface area contributed by atoms with E-state index in [-0.39, 0.29) is 30.1 Å². The number of carbonyl (C=O) groups is 1. The second-order valence-electron chi connectivity index (χ2n) is 6.51. The fraction of sp³-hybridized carbons (Fsp3) is 0.632. The molecule has 24 heavy (non-hydrogen) atoms. The maximum atomic E-state index is 12.3. The van der Waals surface area contributed by atoms with E-state index in [4.69, 9.17) is 9.47 Å². The van der Waals surface area contributed by atoms with Gasteiger partial charge in [-0.3, -0.25) is 9.69 Å². The number of likely N-dealkylation sites (tertiary alicyclic amines) is 1. The Kier molecular flexibility index (Phi) is 6.78. The van der Waals surface area contributed by atoms with Gasteiger partial charge in [0, 0.05) is 25.6 Å². The lowest BCUT2D eigenvalue weighted by Crippen LogP contribution is -2.70. The molecule has 1 aromatic rings. The van der Waals surface area contributed by atoms with Crippen LogP contribution in [-0.2, 0) is 20.8 Å². The molecule has 134 valence electrons. The zero-order valence-electron chi connectivity index (χ0n) is 15.0. The van der Waals surface area contributed by atoms with Crippen LogP contribution in [0.5, 0.6) is 0 Å². The third kappa shape index (κ3) is 3.79. The third-order valence-corrected chi connectivity index (χ3v) is 4.96. The first-order valence-electron chi connectivity index (χ1n) is 8.63. The normalized spacial score (nSPS) is 26.5. The van der Waals surface area contributed by atoms with Gasteiger partial charge in [-0.2, -0.15) is 0 Å². The quantitative estimate of drug-likeness (QED) is 0.740. The van der Waals surface area contributed by atoms with Crippen molar-refractivity contribution < 1.29 is 19.4 Å². The Bertz CT molecular complexity index is 519. The summed E-state index contributed by atoms with van der Waals surface area (Å²) in [5, 5.41) is 10.2. The number of benzene rings is 1. The summed E-state index contributed by atoms with van der Waals surface area (Å²) in [5.41, 5.74) is 1.16. The fourth-order valence-electron chi connectivity index (χ4n) is 3.87. The Hall–Kier alpha value is -1.43. The third-order valence-electron chi connectivity index (χ3n) is 4.96. The summed E-state index contributed by atoms with van der Waals surface area (Å²) in [6.07, 6.45) is 0.886. The van der Waals surface area contributed by atoms with E-state index in [1.165, 1.54) is 7.11 Å². The summed E-state index contributed by atoms with van der Waals surface area (Å²) < 4.78 is 10.7. The van der Waals surface area contributed by atoms with Gasteiger partial charge in [0.25, 0.3) is 0 Å². The minimum atomic E-state index is -0.545. The molecule has 0 amide bonds. The molecule has 0 spiro atoms. The maximum Gasteiger partial charge on any atom is 0.310 e. The SMILES string of the molecule is CCCC(C(=O)OC)[C@@H]1[C@@H]([C@@H](C)O)C(OC)N1Cc1ccccc1. The van der Waals surface area contributed by atoms with E-state index in [0.717, 1.165) is 18.4 Å². The molecule has 0 saturated carbocycles. The molecule has 1 aromatic carbocycles. The van der Waals surface area contributed by atoms with E-state index < -0.39 is 6.10 Å². The average Bonchev–Trinajstić information content (AvgIpc) is 2.57. The number of methoxy groups -OCH3 is 2. The molecular formula is C19H29NO4. The summed E-state index contributed by atoms with van der Waals surface area (Å²) in [7, 11) is 3.08. The number of aliphatic hydroxyl groups is 1. The van der Waals surface area contributed by atoms with Crippen LogP contribution in [0.3, 0.4) is 0 Å². The molecule has 2 unspecified atom stereocenters. The molecule has 1 aliphatic heterocycles. The smallest absolute Gasteiger partial charge is 0.310 e. The summed E-state index contributed by atoms with van der Waals surface area (Å²) in [6, 6.07) is 10.0. The van der Waals surface area contributed by atoms with Gasteiger partial charge in [-0.25, -0.2) is 0 Å². The molecule has 0 aliphatic carbocycles. The van der Waals surface area contributed by atoms with Crippen molar-refractivity contribution in [3.8, 4) is 0 Å². The summed E-state index contributed by atoms with van der Waals surface area (Å²) >= 11 is 0. The van der Waals surface area contributed by atoms with Crippen LogP contribution >= 0.6 is 0 Å². The highest BCUT2D eigenvalue weighted by Gasteiger charge is 2.55. The largest absolute Gasteiger partial charge is 0.469 e. The minimum absolute atomic E-state index is 0.0810. The average molecular weight is 335 g/mol. The molecule has 5 heteroatoms. The van der Waals surface area contributed by atoms with Gasteiger partial charge in [0.2, 0.25) is 0 Å². The molecule has 1 aliphatic rings. The van der Waals surface area contributed by atoms with Crippen molar-refractivity contribution in [2.24, 2.45) is 11.8 Å². The van der Waals surface area contributed by atoms with Gasteiger partial charge in [0.1, 0.15) is 6.23 Å². The van der Waals surface area contributed by atoms with Crippen molar-refractivity contribution >= 4 is 5.97 Å². The fourth-order valence-corrected chi connectivity index (χ4v) is 3.87. The van der Waals surface area contributed by atoms with Crippen molar-refractivity contribution in [2.75, 3.05) is 14.2 Å². The number of aliphatic hydroxyl groups excluding tert-OH is 1. The lowest BCUT2D eigenvalue weighted by Gasteiger charge is -2.57. The topological polar surface area (TPSA) is 59.0 Å². The molecule has 5 nitrogen and oxygen atoms in total. The van der Waals surface area contributed by atoms with Crippen LogP contribution in [0.2, 0.25) is 0 Å². The highest BCUT2D eigenvalue weighted by atomic mass is 16.5. The number of hydrogen-bond donors (Lipinski definition) is 1. The van der Waals surface area contributed by atoms with Crippen LogP contribution in [0.25, 0.3) is 0 Å². The second-order valence-corrected chi connectivity index (χ2v) is 6.51. The maximum absolute atomic E-state index is 12.3. The first-order chi connectivity index (χ1) is 11.5. The zero-order chi connectivity index (χ0) is 17.7. The number of ether oxygens (including phenoxy) is 2. The van der Waals surface area contributed by atoms with Crippen LogP contribution in [0.1, 0.15) is 32.3 Å². The molecule has 1 saturated heterocycles. The Morgan fingerprint density at radius 1 is 1.29 bits per heavy atom. The van der Waals surface area contributed by atoms with Gasteiger partial charge in [-0.15, -0.1) is 0 Å². The van der Waals surface area contributed by atoms with E-state index in [9.17, 15) is 9.90 Å². The van der Waals surface area contributed by atoms with Crippen molar-refractivity contribution in [3.63, 3.8) is 0 Å². The van der Waals surface area contributed by atoms with Gasteiger partial charge < -0.3 is 14.6 Å². The van der Waals surface area contributed by atoms with Crippen molar-refractivity contribution in [2.45, 2.75) is 51.6 Å². The molecular weight excluding hydrogens is 306 g/mol. The van der Waals surface area contributed by atoms with E-state index >= 15 is 0 Å². The van der Waals surface area contributed by atoms with Gasteiger partial charge in [0.15, 0.2) is 0 Å². The van der Waals surface area contributed by atoms with E-state index in [0.29, 0.717) is 6.54 Å². The molecule has 0 bridgehead atoms. The first-order valence-corrected chi connectivity index (χ1v) is 8.63. The molecule has 1 N–H and O–H groups in total. The molecule has 2 rings (SSSR count). The molecule has 5 atom stereocenters. The van der Waals surface area contributed by atoms with Crippen molar-refractivity contribution in [3.05, 3.63) is 35.9 Å². The molecule has 0 radical (unpaired) electrons. The van der Waals surface area contributed by atoms with Crippen LogP contribution in [-0.4, -0.2) is 48.6 Å². The molecule has 1 heterocycles. The first kappa shape index (κ1) is 18.9. The van der Waals surface area contributed by atoms with Gasteiger partial charge in [-0.1, -0.05) is 43.7 Å². The van der Waals surface area contributed by atoms with Gasteiger partial charge in [0.05, 0.1) is 19.1 Å². The highest BCUT2D eigenvalue weighted by Crippen LogP contribution is 2.42. The highest BCUT2D eigenvalue weighted by molar-refractivity contribution is 5.73. The molecule has 1 fully saturated rings. The van der Waals surface area contributed by atoms with E-state index in [1.807, 2.05) is 18.2 Å². The zero-order valence-corrected chi connectivity index (χ0v) is 15.0. The van der Waals surface area contributed by atoms with Crippen LogP contribution < -0.4 is 0 Å². The number of nitrogens with zero attached hydrogens (tertiary/aromatic N) is 1.